The van der Waals surface area contributed by atoms with E-state index in [1.165, 1.54) is 37.7 Å². The van der Waals surface area contributed by atoms with Crippen LogP contribution in [0.3, 0.4) is 0 Å². The Morgan fingerprint density at radius 1 is 1.53 bits per heavy atom. The molecule has 0 saturated carbocycles. The number of nitrogens with one attached hydrogen (secondary N) is 1. The van der Waals surface area contributed by atoms with Gasteiger partial charge in [-0.25, -0.2) is 4.39 Å². The molecule has 0 bridgehead atoms. The van der Waals surface area contributed by atoms with E-state index < -0.39 is 11.4 Å². The Hall–Kier alpha value is -1.85. The van der Waals surface area contributed by atoms with Gasteiger partial charge in [0.25, 0.3) is 0 Å². The first-order chi connectivity index (χ1) is 9.07. The van der Waals surface area contributed by atoms with Crippen LogP contribution < -0.4 is 5.32 Å². The zero-order chi connectivity index (χ0) is 13.9. The molecule has 0 fully saturated rings. The van der Waals surface area contributed by atoms with Crippen molar-refractivity contribution in [3.05, 3.63) is 53.3 Å². The molecule has 1 atom stereocenters. The molecular weight excluding hydrogens is 271 g/mol. The van der Waals surface area contributed by atoms with Crippen molar-refractivity contribution in [2.75, 3.05) is 7.11 Å². The summed E-state index contributed by atoms with van der Waals surface area (Å²) in [6, 6.07) is 4.09. The molecule has 1 unspecified atom stereocenters. The van der Waals surface area contributed by atoms with E-state index in [1.54, 1.807) is 12.3 Å². The zero-order valence-corrected chi connectivity index (χ0v) is 10.9. The van der Waals surface area contributed by atoms with E-state index in [1.807, 2.05) is 0 Å². The number of ether oxygens (including phenoxy) is 1. The van der Waals surface area contributed by atoms with Gasteiger partial charge in [0.2, 0.25) is 0 Å². The number of rotatable bonds is 3. The van der Waals surface area contributed by atoms with Gasteiger partial charge in [-0.2, -0.15) is 0 Å². The van der Waals surface area contributed by atoms with Crippen LogP contribution in [0.1, 0.15) is 0 Å². The van der Waals surface area contributed by atoms with Gasteiger partial charge in [0, 0.05) is 25.7 Å². The van der Waals surface area contributed by atoms with Crippen LogP contribution in [0, 0.1) is 5.82 Å². The Kier molecular flexibility index (Phi) is 3.87. The summed E-state index contributed by atoms with van der Waals surface area (Å²) in [5, 5.41) is 12.6. The minimum absolute atomic E-state index is 0.0123. The third-order valence-electron chi connectivity index (χ3n) is 2.69. The number of aliphatic hydroxyl groups excluding tert-OH is 1. The summed E-state index contributed by atoms with van der Waals surface area (Å²) in [6.45, 7) is 0. The number of benzene rings is 1. The van der Waals surface area contributed by atoms with E-state index in [9.17, 15) is 9.50 Å². The Balaban J connectivity index is 2.29. The molecule has 0 amide bonds. The van der Waals surface area contributed by atoms with Crippen LogP contribution in [0.5, 0.6) is 0 Å². The molecule has 1 aliphatic rings. The molecule has 0 radical (unpaired) electrons. The number of aliphatic imine (C=N–C) groups is 1. The first kappa shape index (κ1) is 13.6. The van der Waals surface area contributed by atoms with E-state index in [0.29, 0.717) is 5.69 Å². The van der Waals surface area contributed by atoms with Crippen molar-refractivity contribution in [2.45, 2.75) is 5.60 Å². The maximum atomic E-state index is 13.0. The summed E-state index contributed by atoms with van der Waals surface area (Å²) < 4.78 is 18.3. The van der Waals surface area contributed by atoms with Gasteiger partial charge in [-0.05, 0) is 24.3 Å². The minimum Gasteiger partial charge on any atom is -0.507 e. The molecule has 1 aliphatic heterocycles. The number of aliphatic hydroxyl groups is 1. The van der Waals surface area contributed by atoms with Gasteiger partial charge in [0.1, 0.15) is 11.6 Å². The molecular formula is C13H12ClFN2O2. The number of nitrogens with zero attached hydrogens (tertiary/aromatic N) is 1. The zero-order valence-electron chi connectivity index (χ0n) is 10.1. The van der Waals surface area contributed by atoms with Gasteiger partial charge in [-0.3, -0.25) is 4.99 Å². The van der Waals surface area contributed by atoms with Crippen LogP contribution in [0.2, 0.25) is 5.02 Å². The third kappa shape index (κ3) is 2.77. The topological polar surface area (TPSA) is 53.8 Å². The number of hydrogen-bond acceptors (Lipinski definition) is 4. The second kappa shape index (κ2) is 5.42. The summed E-state index contributed by atoms with van der Waals surface area (Å²) >= 11 is 5.67. The summed E-state index contributed by atoms with van der Waals surface area (Å²) in [6.07, 6.45) is 6.04. The lowest BCUT2D eigenvalue weighted by atomic mass is 10.0. The number of halogens is 2. The van der Waals surface area contributed by atoms with Crippen LogP contribution in [-0.4, -0.2) is 24.0 Å². The molecule has 2 N–H and O–H groups in total. The fraction of sp³-hybridized carbons (Fsp3) is 0.154. The van der Waals surface area contributed by atoms with Crippen LogP contribution in [0.25, 0.3) is 0 Å². The predicted molar refractivity (Wildman–Crippen MR) is 72.3 cm³/mol. The van der Waals surface area contributed by atoms with Crippen molar-refractivity contribution in [2.24, 2.45) is 4.99 Å². The first-order valence-corrected chi connectivity index (χ1v) is 5.84. The molecule has 1 aromatic rings. The first-order valence-electron chi connectivity index (χ1n) is 5.46. The molecule has 19 heavy (non-hydrogen) atoms. The maximum Gasteiger partial charge on any atom is 0.181 e. The normalized spacial score (nSPS) is 22.4. The quantitative estimate of drug-likeness (QED) is 0.838. The number of hydrogen-bond donors (Lipinski definition) is 2. The lowest BCUT2D eigenvalue weighted by molar-refractivity contribution is 0.0836. The molecule has 6 heteroatoms. The molecule has 4 nitrogen and oxygen atoms in total. The molecule has 0 spiro atoms. The minimum atomic E-state index is -1.13. The van der Waals surface area contributed by atoms with Gasteiger partial charge < -0.3 is 15.2 Å². The van der Waals surface area contributed by atoms with Crippen LogP contribution >= 0.6 is 11.6 Å². The van der Waals surface area contributed by atoms with Crippen molar-refractivity contribution in [1.82, 2.24) is 5.32 Å². The van der Waals surface area contributed by atoms with Crippen LogP contribution in [0.4, 0.5) is 10.1 Å². The van der Waals surface area contributed by atoms with E-state index in [2.05, 4.69) is 10.3 Å². The molecule has 0 saturated heterocycles. The van der Waals surface area contributed by atoms with Gasteiger partial charge >= 0.3 is 0 Å². The van der Waals surface area contributed by atoms with Gasteiger partial charge in [0.05, 0.1) is 10.7 Å². The van der Waals surface area contributed by atoms with Crippen molar-refractivity contribution >= 4 is 23.5 Å². The van der Waals surface area contributed by atoms with E-state index in [4.69, 9.17) is 16.3 Å². The summed E-state index contributed by atoms with van der Waals surface area (Å²) in [5.41, 5.74) is -0.672. The molecule has 2 rings (SSSR count). The molecule has 1 heterocycles. The highest BCUT2D eigenvalue weighted by Gasteiger charge is 2.31. The highest BCUT2D eigenvalue weighted by Crippen LogP contribution is 2.25. The second-order valence-corrected chi connectivity index (χ2v) is 4.29. The van der Waals surface area contributed by atoms with E-state index in [-0.39, 0.29) is 10.8 Å². The van der Waals surface area contributed by atoms with Crippen molar-refractivity contribution < 1.29 is 14.2 Å². The third-order valence-corrected chi connectivity index (χ3v) is 2.98. The maximum absolute atomic E-state index is 13.0. The predicted octanol–water partition coefficient (Wildman–Crippen LogP) is 3.08. The fourth-order valence-electron chi connectivity index (χ4n) is 1.57. The van der Waals surface area contributed by atoms with Crippen LogP contribution in [0.15, 0.2) is 47.4 Å². The molecule has 0 aliphatic carbocycles. The SMILES string of the molecule is COC1(C=Nc2ccc(F)c(Cl)c2)C=CNC=C1O. The highest BCUT2D eigenvalue weighted by atomic mass is 35.5. The lowest BCUT2D eigenvalue weighted by Crippen LogP contribution is -2.36. The van der Waals surface area contributed by atoms with Crippen molar-refractivity contribution in [3.8, 4) is 0 Å². The smallest absolute Gasteiger partial charge is 0.181 e. The Morgan fingerprint density at radius 3 is 2.95 bits per heavy atom. The second-order valence-electron chi connectivity index (χ2n) is 3.88. The van der Waals surface area contributed by atoms with Crippen molar-refractivity contribution in [3.63, 3.8) is 0 Å². The Morgan fingerprint density at radius 2 is 2.32 bits per heavy atom. The molecule has 100 valence electrons. The van der Waals surface area contributed by atoms with Gasteiger partial charge in [-0.15, -0.1) is 0 Å². The number of dihydropyridines is 1. The Bertz CT molecular complexity index is 572. The average Bonchev–Trinajstić information content (AvgIpc) is 2.42. The average molecular weight is 283 g/mol. The van der Waals surface area contributed by atoms with E-state index >= 15 is 0 Å². The molecule has 0 aromatic heterocycles. The lowest BCUT2D eigenvalue weighted by Gasteiger charge is -2.26. The van der Waals surface area contributed by atoms with Crippen LogP contribution in [-0.2, 0) is 4.74 Å². The Labute approximate surface area is 114 Å². The van der Waals surface area contributed by atoms with Crippen molar-refractivity contribution in [1.29, 1.82) is 0 Å². The standard InChI is InChI=1S/C13H12ClFN2O2/c1-19-13(4-5-16-7-12(13)18)8-17-9-2-3-11(15)10(14)6-9/h2-8,16,18H,1H3. The molecule has 1 aromatic carbocycles. The number of methoxy groups -OCH3 is 1. The monoisotopic (exact) mass is 282 g/mol. The highest BCUT2D eigenvalue weighted by molar-refractivity contribution is 6.31. The summed E-state index contributed by atoms with van der Waals surface area (Å²) in [7, 11) is 1.45. The summed E-state index contributed by atoms with van der Waals surface area (Å²) in [4.78, 5) is 4.14. The van der Waals surface area contributed by atoms with Gasteiger partial charge in [-0.1, -0.05) is 11.6 Å². The summed E-state index contributed by atoms with van der Waals surface area (Å²) in [5.74, 6) is -0.541. The van der Waals surface area contributed by atoms with E-state index in [0.717, 1.165) is 0 Å². The van der Waals surface area contributed by atoms with Gasteiger partial charge in [0.15, 0.2) is 5.60 Å². The largest absolute Gasteiger partial charge is 0.507 e. The fourth-order valence-corrected chi connectivity index (χ4v) is 1.74.